The van der Waals surface area contributed by atoms with Crippen LogP contribution < -0.4 is 5.32 Å². The van der Waals surface area contributed by atoms with E-state index in [1.807, 2.05) is 6.92 Å². The van der Waals surface area contributed by atoms with Crippen molar-refractivity contribution in [3.8, 4) is 0 Å². The zero-order valence-corrected chi connectivity index (χ0v) is 15.6. The van der Waals surface area contributed by atoms with Crippen LogP contribution in [-0.4, -0.2) is 81.4 Å². The Labute approximate surface area is 128 Å². The van der Waals surface area contributed by atoms with Crippen LogP contribution >= 0.6 is 11.6 Å². The second kappa shape index (κ2) is 7.95. The molecule has 1 rings (SSSR count). The number of alkyl halides is 1. The van der Waals surface area contributed by atoms with Gasteiger partial charge in [0, 0.05) is 0 Å². The minimum atomic E-state index is -0.763. The molecule has 0 spiro atoms. The number of hydrogen-bond acceptors (Lipinski definition) is 5. The van der Waals surface area contributed by atoms with Crippen molar-refractivity contribution in [2.24, 2.45) is 5.92 Å². The summed E-state index contributed by atoms with van der Waals surface area (Å²) in [4.78, 5) is 11.3. The summed E-state index contributed by atoms with van der Waals surface area (Å²) in [5.74, 6) is -0.684. The van der Waals surface area contributed by atoms with Crippen molar-refractivity contribution in [1.29, 1.82) is 0 Å². The van der Waals surface area contributed by atoms with E-state index in [9.17, 15) is 9.90 Å². The quantitative estimate of drug-likeness (QED) is 0.405. The molecule has 1 aliphatic heterocycles. The SMILES string of the molecule is COC1OC(C[O][Tl])C(C)C(O)C1NC(=O)CCl. The van der Waals surface area contributed by atoms with Crippen molar-refractivity contribution in [3.05, 3.63) is 0 Å². The van der Waals surface area contributed by atoms with E-state index >= 15 is 0 Å². The normalized spacial score (nSPS) is 36.3. The van der Waals surface area contributed by atoms with Gasteiger partial charge in [-0.2, -0.15) is 0 Å². The van der Waals surface area contributed by atoms with Gasteiger partial charge in [-0.25, -0.2) is 0 Å². The van der Waals surface area contributed by atoms with Gasteiger partial charge in [-0.1, -0.05) is 0 Å². The molecular formula is C10H17ClNO5Tl. The average molecular weight is 471 g/mol. The first-order valence-corrected chi connectivity index (χ1v) is 7.95. The summed E-state index contributed by atoms with van der Waals surface area (Å²) in [7, 11) is 1.47. The fourth-order valence-corrected chi connectivity index (χ4v) is 2.77. The van der Waals surface area contributed by atoms with Crippen LogP contribution in [0.5, 0.6) is 0 Å². The summed E-state index contributed by atoms with van der Waals surface area (Å²) < 4.78 is 16.0. The van der Waals surface area contributed by atoms with Crippen LogP contribution in [0.25, 0.3) is 0 Å². The zero-order chi connectivity index (χ0) is 13.7. The van der Waals surface area contributed by atoms with Crippen LogP contribution in [0.15, 0.2) is 0 Å². The van der Waals surface area contributed by atoms with Crippen LogP contribution in [0, 0.1) is 5.92 Å². The molecule has 0 radical (unpaired) electrons. The Morgan fingerprint density at radius 2 is 2.28 bits per heavy atom. The number of nitrogens with one attached hydrogen (secondary N) is 1. The summed E-state index contributed by atoms with van der Waals surface area (Å²) in [5, 5.41) is 12.8. The van der Waals surface area contributed by atoms with Crippen molar-refractivity contribution in [2.45, 2.75) is 31.5 Å². The Morgan fingerprint density at radius 3 is 2.78 bits per heavy atom. The molecule has 1 heterocycles. The fourth-order valence-electron chi connectivity index (χ4n) is 1.95. The first-order valence-electron chi connectivity index (χ1n) is 5.58. The van der Waals surface area contributed by atoms with Crippen molar-refractivity contribution in [2.75, 3.05) is 19.6 Å². The molecule has 5 atom stereocenters. The van der Waals surface area contributed by atoms with E-state index in [4.69, 9.17) is 23.8 Å². The predicted molar refractivity (Wildman–Crippen MR) is 65.2 cm³/mol. The van der Waals surface area contributed by atoms with Gasteiger partial charge in [-0.05, 0) is 0 Å². The Morgan fingerprint density at radius 1 is 1.61 bits per heavy atom. The van der Waals surface area contributed by atoms with E-state index in [0.717, 1.165) is 0 Å². The number of aliphatic hydroxyl groups is 1. The fraction of sp³-hybridized carbons (Fsp3) is 0.900. The summed E-state index contributed by atoms with van der Waals surface area (Å²) in [6.07, 6.45) is -1.70. The number of rotatable bonds is 5. The maximum atomic E-state index is 11.3. The molecule has 0 bridgehead atoms. The van der Waals surface area contributed by atoms with E-state index in [1.54, 1.807) is 0 Å². The zero-order valence-electron chi connectivity index (χ0n) is 10.3. The van der Waals surface area contributed by atoms with Crippen LogP contribution in [0.4, 0.5) is 0 Å². The van der Waals surface area contributed by atoms with Gasteiger partial charge < -0.3 is 0 Å². The Bertz CT molecular complexity index is 281. The Kier molecular flexibility index (Phi) is 7.33. The molecule has 18 heavy (non-hydrogen) atoms. The number of aliphatic hydroxyl groups excluding tert-OH is 1. The topological polar surface area (TPSA) is 77.0 Å². The number of amides is 1. The molecule has 1 saturated heterocycles. The van der Waals surface area contributed by atoms with Gasteiger partial charge in [-0.15, -0.1) is 0 Å². The van der Waals surface area contributed by atoms with E-state index < -0.39 is 18.4 Å². The summed E-state index contributed by atoms with van der Waals surface area (Å²) >= 11 is 5.85. The van der Waals surface area contributed by atoms with E-state index in [0.29, 0.717) is 32.8 Å². The molecule has 8 heteroatoms. The number of hydrogen-bond donors (Lipinski definition) is 2. The van der Waals surface area contributed by atoms with Gasteiger partial charge in [0.25, 0.3) is 0 Å². The number of halogens is 1. The predicted octanol–water partition coefficient (Wildman–Crippen LogP) is -0.822. The second-order valence-electron chi connectivity index (χ2n) is 4.19. The first kappa shape index (κ1) is 16.6. The van der Waals surface area contributed by atoms with Crippen molar-refractivity contribution >= 4 is 43.7 Å². The average Bonchev–Trinajstić information content (AvgIpc) is 2.38. The van der Waals surface area contributed by atoms with E-state index in [1.165, 1.54) is 7.11 Å². The molecule has 0 aromatic heterocycles. The van der Waals surface area contributed by atoms with Crippen molar-refractivity contribution in [1.82, 2.24) is 5.32 Å². The third kappa shape index (κ3) is 4.01. The van der Waals surface area contributed by atoms with Gasteiger partial charge in [0.05, 0.1) is 0 Å². The van der Waals surface area contributed by atoms with Crippen LogP contribution in [0.3, 0.4) is 0 Å². The summed E-state index contributed by atoms with van der Waals surface area (Å²) in [5.41, 5.74) is 0. The number of carbonyl (C=O) groups is 1. The van der Waals surface area contributed by atoms with E-state index in [2.05, 4.69) is 5.32 Å². The third-order valence-corrected chi connectivity index (χ3v) is 4.03. The van der Waals surface area contributed by atoms with Gasteiger partial charge >= 0.3 is 128 Å². The van der Waals surface area contributed by atoms with E-state index in [-0.39, 0.29) is 23.8 Å². The molecule has 0 saturated carbocycles. The van der Waals surface area contributed by atoms with Gasteiger partial charge in [0.15, 0.2) is 0 Å². The monoisotopic (exact) mass is 471 g/mol. The van der Waals surface area contributed by atoms with Crippen LogP contribution in [0.2, 0.25) is 0 Å². The first-order chi connectivity index (χ1) is 8.54. The van der Waals surface area contributed by atoms with Gasteiger partial charge in [0.1, 0.15) is 0 Å². The summed E-state index contributed by atoms with van der Waals surface area (Å²) in [6, 6.07) is -0.621. The number of carbonyl (C=O) groups excluding carboxylic acids is 1. The second-order valence-corrected chi connectivity index (χ2v) is 5.75. The maximum absolute atomic E-state index is 11.3. The minimum absolute atomic E-state index is 0.157. The van der Waals surface area contributed by atoms with Crippen LogP contribution in [0.1, 0.15) is 6.92 Å². The molecule has 1 fully saturated rings. The molecule has 6 nitrogen and oxygen atoms in total. The Balaban J connectivity index is 2.74. The van der Waals surface area contributed by atoms with Crippen molar-refractivity contribution < 1.29 is 22.1 Å². The molecule has 5 unspecified atom stereocenters. The van der Waals surface area contributed by atoms with Gasteiger partial charge in [-0.3, -0.25) is 0 Å². The number of methoxy groups -OCH3 is 1. The molecule has 102 valence electrons. The molecule has 1 amide bonds. The standard InChI is InChI=1S/C10H17ClNO5.Tl/c1-5-6(4-13)17-10(16-2)8(9(5)15)12-7(14)3-11;/h5-6,8-10,15H,3-4H2,1-2H3,(H,12,14);/q-1;+1. The molecule has 0 aromatic rings. The van der Waals surface area contributed by atoms with Crippen LogP contribution in [-0.2, 0) is 17.0 Å². The van der Waals surface area contributed by atoms with Crippen molar-refractivity contribution in [3.63, 3.8) is 0 Å². The number of ether oxygens (including phenoxy) is 2. The molecule has 0 aromatic carbocycles. The molecule has 0 aliphatic carbocycles. The molecular weight excluding hydrogens is 454 g/mol. The molecule has 1 aliphatic rings. The third-order valence-electron chi connectivity index (χ3n) is 3.04. The molecule has 2 N–H and O–H groups in total. The summed E-state index contributed by atoms with van der Waals surface area (Å²) in [6.45, 7) is 2.28. The Hall–Kier alpha value is 0.522. The van der Waals surface area contributed by atoms with Gasteiger partial charge in [0.2, 0.25) is 0 Å².